The summed E-state index contributed by atoms with van der Waals surface area (Å²) >= 11 is 0. The molecule has 0 aromatic heterocycles. The van der Waals surface area contributed by atoms with Crippen molar-refractivity contribution in [2.45, 2.75) is 18.9 Å². The Morgan fingerprint density at radius 3 is 2.46 bits per heavy atom. The summed E-state index contributed by atoms with van der Waals surface area (Å²) < 4.78 is 29.0. The molecule has 1 aliphatic rings. The van der Waals surface area contributed by atoms with Crippen LogP contribution >= 0.6 is 0 Å². The summed E-state index contributed by atoms with van der Waals surface area (Å²) in [5.41, 5.74) is -0.277. The molecule has 5 nitrogen and oxygen atoms in total. The van der Waals surface area contributed by atoms with E-state index in [1.165, 1.54) is 0 Å². The maximum Gasteiger partial charge on any atom is 0.251 e. The molecule has 126 valence electrons. The molecule has 1 aliphatic heterocycles. The zero-order chi connectivity index (χ0) is 17.2. The first-order valence-electron chi connectivity index (χ1n) is 7.71. The number of carbonyl (C=O) groups excluding carboxylic acids is 1. The van der Waals surface area contributed by atoms with Crippen LogP contribution in [0.5, 0.6) is 11.5 Å². The normalized spacial score (nSPS) is 22.0. The first-order valence-corrected chi connectivity index (χ1v) is 9.53. The summed E-state index contributed by atoms with van der Waals surface area (Å²) in [5.74, 6) is 1.03. The highest BCUT2D eigenvalue weighted by Crippen LogP contribution is 2.25. The quantitative estimate of drug-likeness (QED) is 0.925. The predicted molar refractivity (Wildman–Crippen MR) is 92.1 cm³/mol. The molecule has 0 bridgehead atoms. The molecule has 1 amide bonds. The van der Waals surface area contributed by atoms with Gasteiger partial charge in [-0.15, -0.1) is 0 Å². The summed E-state index contributed by atoms with van der Waals surface area (Å²) in [4.78, 5) is 12.5. The highest BCUT2D eigenvalue weighted by atomic mass is 32.2. The number of carbonyl (C=O) groups is 1. The maximum absolute atomic E-state index is 12.5. The number of benzene rings is 2. The number of sulfone groups is 1. The lowest BCUT2D eigenvalue weighted by Gasteiger charge is -2.24. The van der Waals surface area contributed by atoms with Gasteiger partial charge < -0.3 is 10.1 Å². The predicted octanol–water partition coefficient (Wildman–Crippen LogP) is 2.79. The summed E-state index contributed by atoms with van der Waals surface area (Å²) in [6.45, 7) is 1.76. The van der Waals surface area contributed by atoms with Crippen molar-refractivity contribution in [3.8, 4) is 11.5 Å². The number of para-hydroxylation sites is 1. The second-order valence-electron chi connectivity index (χ2n) is 6.30. The van der Waals surface area contributed by atoms with Crippen LogP contribution in [-0.2, 0) is 9.84 Å². The van der Waals surface area contributed by atoms with Crippen molar-refractivity contribution in [3.63, 3.8) is 0 Å². The van der Waals surface area contributed by atoms with Gasteiger partial charge in [0.05, 0.1) is 17.0 Å². The van der Waals surface area contributed by atoms with Crippen LogP contribution < -0.4 is 10.1 Å². The molecule has 2 aromatic rings. The lowest BCUT2D eigenvalue weighted by Crippen LogP contribution is -2.46. The molecule has 1 heterocycles. The van der Waals surface area contributed by atoms with Gasteiger partial charge in [0.15, 0.2) is 9.84 Å². The van der Waals surface area contributed by atoms with Crippen LogP contribution in [0.2, 0.25) is 0 Å². The Labute approximate surface area is 141 Å². The van der Waals surface area contributed by atoms with E-state index in [9.17, 15) is 13.2 Å². The van der Waals surface area contributed by atoms with Crippen LogP contribution in [0.3, 0.4) is 0 Å². The van der Waals surface area contributed by atoms with Crippen LogP contribution in [0.4, 0.5) is 0 Å². The van der Waals surface area contributed by atoms with Gasteiger partial charge in [-0.1, -0.05) is 24.3 Å². The minimum Gasteiger partial charge on any atom is -0.457 e. The monoisotopic (exact) mass is 345 g/mol. The number of ether oxygens (including phenoxy) is 1. The Bertz CT molecular complexity index is 848. The van der Waals surface area contributed by atoms with Crippen LogP contribution in [0.1, 0.15) is 23.7 Å². The first-order chi connectivity index (χ1) is 11.4. The zero-order valence-corrected chi connectivity index (χ0v) is 14.2. The third-order valence-corrected chi connectivity index (χ3v) is 5.90. The molecule has 1 fully saturated rings. The standard InChI is InChI=1S/C18H19NO4S/c1-18(10-11-24(21,22)13-18)19-17(20)14-6-5-9-16(12-14)23-15-7-3-2-4-8-15/h2-9,12H,10-11,13H2,1H3,(H,19,20). The topological polar surface area (TPSA) is 72.5 Å². The van der Waals surface area contributed by atoms with E-state index in [0.717, 1.165) is 0 Å². The van der Waals surface area contributed by atoms with Crippen molar-refractivity contribution in [1.82, 2.24) is 5.32 Å². The van der Waals surface area contributed by atoms with Crippen molar-refractivity contribution in [2.75, 3.05) is 11.5 Å². The average molecular weight is 345 g/mol. The molecule has 1 N–H and O–H groups in total. The van der Waals surface area contributed by atoms with Gasteiger partial charge in [-0.2, -0.15) is 0 Å². The SMILES string of the molecule is CC1(NC(=O)c2cccc(Oc3ccccc3)c2)CCS(=O)(=O)C1. The fourth-order valence-electron chi connectivity index (χ4n) is 2.78. The smallest absolute Gasteiger partial charge is 0.251 e. The van der Waals surface area contributed by atoms with Crippen molar-refractivity contribution in [2.24, 2.45) is 0 Å². The lowest BCUT2D eigenvalue weighted by molar-refractivity contribution is 0.0915. The van der Waals surface area contributed by atoms with Crippen LogP contribution in [0.25, 0.3) is 0 Å². The van der Waals surface area contributed by atoms with E-state index in [4.69, 9.17) is 4.74 Å². The minimum absolute atomic E-state index is 0.0219. The minimum atomic E-state index is -3.07. The summed E-state index contributed by atoms with van der Waals surface area (Å²) in [7, 11) is -3.07. The molecule has 3 rings (SSSR count). The molecule has 1 atom stereocenters. The first kappa shape index (κ1) is 16.5. The van der Waals surface area contributed by atoms with E-state index in [1.54, 1.807) is 31.2 Å². The molecule has 2 aromatic carbocycles. The third kappa shape index (κ3) is 3.94. The Hall–Kier alpha value is -2.34. The average Bonchev–Trinajstić information content (AvgIpc) is 2.82. The molecular formula is C18H19NO4S. The molecule has 1 unspecified atom stereocenters. The summed E-state index contributed by atoms with van der Waals surface area (Å²) in [6.07, 6.45) is 0.432. The number of nitrogens with one attached hydrogen (secondary N) is 1. The molecule has 1 saturated heterocycles. The molecule has 0 radical (unpaired) electrons. The van der Waals surface area contributed by atoms with E-state index >= 15 is 0 Å². The van der Waals surface area contributed by atoms with Gasteiger partial charge in [0.1, 0.15) is 11.5 Å². The number of hydrogen-bond donors (Lipinski definition) is 1. The summed E-state index contributed by atoms with van der Waals surface area (Å²) in [5, 5.41) is 2.84. The van der Waals surface area contributed by atoms with Crippen LogP contribution in [0.15, 0.2) is 54.6 Å². The van der Waals surface area contributed by atoms with Gasteiger partial charge in [-0.25, -0.2) is 8.42 Å². The van der Waals surface area contributed by atoms with Gasteiger partial charge >= 0.3 is 0 Å². The highest BCUT2D eigenvalue weighted by molar-refractivity contribution is 7.91. The van der Waals surface area contributed by atoms with Crippen LogP contribution in [-0.4, -0.2) is 31.4 Å². The second kappa shape index (κ2) is 6.28. The molecule has 0 aliphatic carbocycles. The van der Waals surface area contributed by atoms with E-state index in [0.29, 0.717) is 23.5 Å². The molecular weight excluding hydrogens is 326 g/mol. The zero-order valence-electron chi connectivity index (χ0n) is 13.4. The summed E-state index contributed by atoms with van der Waals surface area (Å²) in [6, 6.07) is 16.1. The fourth-order valence-corrected chi connectivity index (χ4v) is 4.87. The van der Waals surface area contributed by atoms with E-state index in [1.807, 2.05) is 30.3 Å². The van der Waals surface area contributed by atoms with Gasteiger partial charge in [-0.05, 0) is 43.7 Å². The van der Waals surface area contributed by atoms with Crippen molar-refractivity contribution in [3.05, 3.63) is 60.2 Å². The van der Waals surface area contributed by atoms with Crippen molar-refractivity contribution < 1.29 is 17.9 Å². The fraction of sp³-hybridized carbons (Fsp3) is 0.278. The Balaban J connectivity index is 1.73. The molecule has 0 spiro atoms. The van der Waals surface area contributed by atoms with E-state index < -0.39 is 15.4 Å². The van der Waals surface area contributed by atoms with E-state index in [2.05, 4.69) is 5.32 Å². The maximum atomic E-state index is 12.5. The van der Waals surface area contributed by atoms with E-state index in [-0.39, 0.29) is 17.4 Å². The lowest BCUT2D eigenvalue weighted by atomic mass is 10.0. The molecule has 24 heavy (non-hydrogen) atoms. The third-order valence-electron chi connectivity index (χ3n) is 3.99. The van der Waals surface area contributed by atoms with Crippen molar-refractivity contribution in [1.29, 1.82) is 0 Å². The van der Waals surface area contributed by atoms with Crippen molar-refractivity contribution >= 4 is 15.7 Å². The Kier molecular flexibility index (Phi) is 4.32. The Morgan fingerprint density at radius 1 is 1.08 bits per heavy atom. The van der Waals surface area contributed by atoms with Crippen LogP contribution in [0, 0.1) is 0 Å². The van der Waals surface area contributed by atoms with Gasteiger partial charge in [-0.3, -0.25) is 4.79 Å². The second-order valence-corrected chi connectivity index (χ2v) is 8.48. The number of hydrogen-bond acceptors (Lipinski definition) is 4. The number of amides is 1. The van der Waals surface area contributed by atoms with Gasteiger partial charge in [0.2, 0.25) is 0 Å². The van der Waals surface area contributed by atoms with Gasteiger partial charge in [0, 0.05) is 5.56 Å². The Morgan fingerprint density at radius 2 is 1.79 bits per heavy atom. The highest BCUT2D eigenvalue weighted by Gasteiger charge is 2.39. The van der Waals surface area contributed by atoms with Gasteiger partial charge in [0.25, 0.3) is 5.91 Å². The molecule has 6 heteroatoms. The number of rotatable bonds is 4. The largest absolute Gasteiger partial charge is 0.457 e. The molecule has 0 saturated carbocycles.